The van der Waals surface area contributed by atoms with E-state index in [-0.39, 0.29) is 13.1 Å². The van der Waals surface area contributed by atoms with Gasteiger partial charge in [0.25, 0.3) is 0 Å². The average Bonchev–Trinajstić information content (AvgIpc) is 2.92. The van der Waals surface area contributed by atoms with Crippen LogP contribution in [-0.4, -0.2) is 72.5 Å². The van der Waals surface area contributed by atoms with Gasteiger partial charge in [-0.05, 0) is 25.2 Å². The van der Waals surface area contributed by atoms with Crippen molar-refractivity contribution in [3.63, 3.8) is 0 Å². The van der Waals surface area contributed by atoms with Crippen LogP contribution in [0.15, 0.2) is 17.0 Å². The fraction of sp³-hybridized carbons (Fsp3) is 0.815. The Morgan fingerprint density at radius 3 is 1.68 bits per heavy atom. The zero-order valence-corrected chi connectivity index (χ0v) is 26.0. The van der Waals surface area contributed by atoms with Gasteiger partial charge in [0.1, 0.15) is 0 Å². The third-order valence-electron chi connectivity index (χ3n) is 7.67. The molecule has 2 aliphatic carbocycles. The second-order valence-corrected chi connectivity index (χ2v) is 13.2. The molecule has 1 aliphatic heterocycles. The molecule has 2 fully saturated rings. The second kappa shape index (κ2) is 18.7. The van der Waals surface area contributed by atoms with E-state index < -0.39 is 0 Å². The number of thioether (sulfide) groups is 1. The Labute approximate surface area is 244 Å². The van der Waals surface area contributed by atoms with E-state index in [1.807, 2.05) is 11.8 Å². The SMILES string of the molecule is CCN(CC)CCSc1cc2nc(c1)C[N-][C@@H]1CCCC[C@H]1[N-]CC[N-]C1CCCC[C@H]1[N-]C2.[Cl][Mn][Cl]. The maximum atomic E-state index is 5.14. The van der Waals surface area contributed by atoms with Crippen LogP contribution in [0.3, 0.4) is 0 Å². The van der Waals surface area contributed by atoms with E-state index >= 15 is 0 Å². The van der Waals surface area contributed by atoms with Gasteiger partial charge in [-0.25, -0.2) is 0 Å². The summed E-state index contributed by atoms with van der Waals surface area (Å²) in [6, 6.07) is 5.96. The molecule has 37 heavy (non-hydrogen) atoms. The molecule has 6 nitrogen and oxygen atoms in total. The van der Waals surface area contributed by atoms with E-state index in [0.717, 1.165) is 62.7 Å². The third-order valence-corrected chi connectivity index (χ3v) is 8.62. The normalized spacial score (nSPS) is 27.2. The van der Waals surface area contributed by atoms with Crippen molar-refractivity contribution in [2.24, 2.45) is 0 Å². The van der Waals surface area contributed by atoms with Crippen molar-refractivity contribution < 1.29 is 13.1 Å². The zero-order valence-electron chi connectivity index (χ0n) is 22.5. The minimum atomic E-state index is 0.00694. The summed E-state index contributed by atoms with van der Waals surface area (Å²) in [5.41, 5.74) is 2.20. The van der Waals surface area contributed by atoms with Gasteiger partial charge in [-0.1, -0.05) is 65.2 Å². The first-order valence-electron chi connectivity index (χ1n) is 14.0. The first kappa shape index (κ1) is 31.9. The molecule has 0 radical (unpaired) electrons. The Bertz CT molecular complexity index is 711. The summed E-state index contributed by atoms with van der Waals surface area (Å²) in [5.74, 6) is 1.10. The maximum absolute atomic E-state index is 5.14. The number of halogens is 2. The first-order chi connectivity index (χ1) is 18.2. The fourth-order valence-electron chi connectivity index (χ4n) is 5.60. The summed E-state index contributed by atoms with van der Waals surface area (Å²) >= 11 is 1.96. The van der Waals surface area contributed by atoms with E-state index in [0.29, 0.717) is 37.3 Å². The molecule has 0 spiro atoms. The molecular weight excluding hydrogens is 566 g/mol. The van der Waals surface area contributed by atoms with Crippen LogP contribution in [0.4, 0.5) is 0 Å². The van der Waals surface area contributed by atoms with Gasteiger partial charge in [0.15, 0.2) is 0 Å². The van der Waals surface area contributed by atoms with Gasteiger partial charge in [-0.2, -0.15) is 37.3 Å². The number of pyridine rings is 1. The van der Waals surface area contributed by atoms with E-state index in [4.69, 9.17) is 46.4 Å². The quantitative estimate of drug-likeness (QED) is 0.242. The van der Waals surface area contributed by atoms with Crippen molar-refractivity contribution >= 4 is 32.0 Å². The summed E-state index contributed by atoms with van der Waals surface area (Å²) < 4.78 is 0. The topological polar surface area (TPSA) is 72.5 Å². The summed E-state index contributed by atoms with van der Waals surface area (Å²) in [5, 5.41) is 20.4. The number of hydrogen-bond acceptors (Lipinski definition) is 3. The minimum absolute atomic E-state index is 0.00694. The second-order valence-electron chi connectivity index (χ2n) is 10.0. The fourth-order valence-corrected chi connectivity index (χ4v) is 6.62. The van der Waals surface area contributed by atoms with E-state index in [9.17, 15) is 0 Å². The molecule has 1 aromatic rings. The van der Waals surface area contributed by atoms with Crippen molar-refractivity contribution in [2.45, 2.75) is 107 Å². The number of rotatable bonds is 6. The Kier molecular flexibility index (Phi) is 16.1. The van der Waals surface area contributed by atoms with E-state index in [1.165, 1.54) is 43.4 Å². The Balaban J connectivity index is 0.00000121. The van der Waals surface area contributed by atoms with Gasteiger partial charge >= 0.3 is 33.3 Å². The Morgan fingerprint density at radius 2 is 1.24 bits per heavy atom. The standard InChI is InChI=1S/C27H44N6S.2ClH.Mn/c1-3-33(4-2)15-16-34-23-17-21-19-30-26-11-7-5-9-24(26)28-13-14-29-25-10-6-8-12-27(25)31-20-22(18-23)32-21;;;/h17-18,24-27H,3-16,19-20H2,1-2H3;2*1H;/q-4;;;+2/p-2/t24-,25?,26-,27-;;;/m1.../s1. The number of fused-ring (bicyclic) bond motifs is 4. The van der Waals surface area contributed by atoms with Crippen molar-refractivity contribution in [1.82, 2.24) is 9.88 Å². The summed E-state index contributed by atoms with van der Waals surface area (Å²) in [7, 11) is 9.59. The summed E-state index contributed by atoms with van der Waals surface area (Å²) in [4.78, 5) is 8.83. The van der Waals surface area contributed by atoms with E-state index in [2.05, 4.69) is 30.9 Å². The molecule has 3 aliphatic rings. The van der Waals surface area contributed by atoms with Gasteiger partial charge in [0.2, 0.25) is 0 Å². The summed E-state index contributed by atoms with van der Waals surface area (Å²) in [6.07, 6.45) is 9.78. The molecule has 213 valence electrons. The van der Waals surface area contributed by atoms with Gasteiger partial charge in [0, 0.05) is 28.6 Å². The van der Waals surface area contributed by atoms with Crippen molar-refractivity contribution in [2.75, 3.05) is 38.5 Å². The monoisotopic (exact) mass is 609 g/mol. The zero-order chi connectivity index (χ0) is 26.3. The van der Waals surface area contributed by atoms with Crippen LogP contribution in [0.5, 0.6) is 0 Å². The molecule has 10 heteroatoms. The van der Waals surface area contributed by atoms with Crippen LogP contribution < -0.4 is 0 Å². The molecule has 0 aromatic carbocycles. The van der Waals surface area contributed by atoms with Crippen LogP contribution in [0, 0.1) is 0 Å². The molecular formula is C27H44Cl2MnN6S-4. The van der Waals surface area contributed by atoms with Crippen molar-refractivity contribution in [3.8, 4) is 0 Å². The van der Waals surface area contributed by atoms with Crippen molar-refractivity contribution in [1.29, 1.82) is 0 Å². The molecule has 1 aromatic heterocycles. The third kappa shape index (κ3) is 11.4. The van der Waals surface area contributed by atoms with E-state index in [1.54, 1.807) is 0 Å². The summed E-state index contributed by atoms with van der Waals surface area (Å²) in [6.45, 7) is 10.9. The Morgan fingerprint density at radius 1 is 0.811 bits per heavy atom. The van der Waals surface area contributed by atoms with Crippen LogP contribution in [0.1, 0.15) is 76.6 Å². The predicted molar refractivity (Wildman–Crippen MR) is 157 cm³/mol. The van der Waals surface area contributed by atoms with Crippen molar-refractivity contribution in [3.05, 3.63) is 44.8 Å². The van der Waals surface area contributed by atoms with Crippen LogP contribution >= 0.6 is 32.0 Å². The van der Waals surface area contributed by atoms with Crippen LogP contribution in [0.25, 0.3) is 21.3 Å². The molecule has 2 saturated carbocycles. The first-order valence-corrected chi connectivity index (χ1v) is 18.3. The molecule has 4 rings (SSSR count). The molecule has 4 atom stereocenters. The Hall–Kier alpha value is 0.399. The van der Waals surface area contributed by atoms with Gasteiger partial charge in [-0.15, -0.1) is 24.9 Å². The number of nitrogens with zero attached hydrogens (tertiary/aromatic N) is 6. The van der Waals surface area contributed by atoms with Gasteiger partial charge in [-0.3, -0.25) is 4.98 Å². The van der Waals surface area contributed by atoms with Gasteiger partial charge in [0.05, 0.1) is 0 Å². The predicted octanol–water partition coefficient (Wildman–Crippen LogP) is 8.02. The molecule has 0 saturated heterocycles. The molecule has 2 bridgehead atoms. The number of aromatic nitrogens is 1. The molecule has 2 heterocycles. The molecule has 0 N–H and O–H groups in total. The molecule has 0 amide bonds. The number of hydrogen-bond donors (Lipinski definition) is 0. The van der Waals surface area contributed by atoms with Crippen LogP contribution in [-0.2, 0) is 26.2 Å². The van der Waals surface area contributed by atoms with Gasteiger partial charge < -0.3 is 26.2 Å². The molecule has 1 unspecified atom stereocenters. The average molecular weight is 611 g/mol. The van der Waals surface area contributed by atoms with Crippen LogP contribution in [0.2, 0.25) is 0 Å².